The van der Waals surface area contributed by atoms with Gasteiger partial charge in [-0.25, -0.2) is 9.97 Å². The Balaban J connectivity index is 1.14. The van der Waals surface area contributed by atoms with Gasteiger partial charge in [-0.05, 0) is 90.9 Å². The van der Waals surface area contributed by atoms with Gasteiger partial charge in [0.2, 0.25) is 5.95 Å². The highest BCUT2D eigenvalue weighted by Crippen LogP contribution is 2.46. The van der Waals surface area contributed by atoms with Gasteiger partial charge in [0, 0.05) is 43.6 Å². The molecule has 0 saturated carbocycles. The quantitative estimate of drug-likeness (QED) is 0.167. The Labute approximate surface area is 355 Å². The van der Waals surface area contributed by atoms with Gasteiger partial charge in [-0.3, -0.25) is 4.57 Å². The minimum Gasteiger partial charge on any atom is -0.309 e. The first-order valence-electron chi connectivity index (χ1n) is 21.3. The first kappa shape index (κ1) is 33.5. The van der Waals surface area contributed by atoms with Crippen molar-refractivity contribution in [3.05, 3.63) is 206 Å². The van der Waals surface area contributed by atoms with E-state index in [2.05, 4.69) is 215 Å². The van der Waals surface area contributed by atoms with Crippen molar-refractivity contribution in [1.82, 2.24) is 19.1 Å². The second-order valence-electron chi connectivity index (χ2n) is 16.5. The monoisotopic (exact) mass is 786 g/mol. The second-order valence-corrected chi connectivity index (χ2v) is 16.5. The molecule has 0 N–H and O–H groups in total. The summed E-state index contributed by atoms with van der Waals surface area (Å²) in [6, 6.07) is 74.8. The maximum atomic E-state index is 5.74. The van der Waals surface area contributed by atoms with E-state index in [0.717, 1.165) is 55.2 Å². The number of para-hydroxylation sites is 2. The number of fused-ring (bicyclic) bond motifs is 18. The molecule has 0 aliphatic carbocycles. The van der Waals surface area contributed by atoms with E-state index >= 15 is 0 Å². The summed E-state index contributed by atoms with van der Waals surface area (Å²) < 4.78 is 4.70. The van der Waals surface area contributed by atoms with Crippen LogP contribution in [0.2, 0.25) is 0 Å². The molecule has 0 atom stereocenters. The molecule has 3 aromatic heterocycles. The van der Waals surface area contributed by atoms with E-state index in [9.17, 15) is 0 Å². The van der Waals surface area contributed by atoms with Crippen LogP contribution < -0.4 is 0 Å². The zero-order valence-electron chi connectivity index (χ0n) is 33.4. The molecule has 0 radical (unpaired) electrons. The highest BCUT2D eigenvalue weighted by Gasteiger charge is 2.24. The zero-order valence-corrected chi connectivity index (χ0v) is 33.4. The molecule has 0 spiro atoms. The molecule has 0 aliphatic heterocycles. The van der Waals surface area contributed by atoms with Gasteiger partial charge in [-0.15, -0.1) is 0 Å². The van der Waals surface area contributed by atoms with Gasteiger partial charge in [-0.1, -0.05) is 164 Å². The Hall–Kier alpha value is -8.34. The van der Waals surface area contributed by atoms with E-state index in [1.165, 1.54) is 70.2 Å². The lowest BCUT2D eigenvalue weighted by molar-refractivity contribution is 1.01. The van der Waals surface area contributed by atoms with Crippen molar-refractivity contribution in [3.63, 3.8) is 0 Å². The van der Waals surface area contributed by atoms with E-state index < -0.39 is 0 Å². The summed E-state index contributed by atoms with van der Waals surface area (Å²) in [6.45, 7) is 0. The SMILES string of the molecule is c1ccc(-n2c3ccccc3c3ccc(-c4nc(-n5c6ccc7ccccc7c6c6c7c8ccccc8c8ccccc8c7ccc65)nc5ccc6ccccc6c45)cc32)cc1. The minimum atomic E-state index is 0.645. The van der Waals surface area contributed by atoms with Crippen LogP contribution >= 0.6 is 0 Å². The Morgan fingerprint density at radius 2 is 0.823 bits per heavy atom. The molecule has 11 aromatic carbocycles. The molecule has 0 fully saturated rings. The lowest BCUT2D eigenvalue weighted by Gasteiger charge is -2.15. The van der Waals surface area contributed by atoms with Gasteiger partial charge >= 0.3 is 0 Å². The third-order valence-corrected chi connectivity index (χ3v) is 13.3. The molecule has 0 bridgehead atoms. The van der Waals surface area contributed by atoms with Crippen LogP contribution in [0.1, 0.15) is 0 Å². The molecule has 3 heterocycles. The van der Waals surface area contributed by atoms with E-state index in [0.29, 0.717) is 5.95 Å². The van der Waals surface area contributed by atoms with Crippen LogP contribution in [-0.4, -0.2) is 19.1 Å². The second kappa shape index (κ2) is 12.6. The largest absolute Gasteiger partial charge is 0.309 e. The van der Waals surface area contributed by atoms with Gasteiger partial charge in [0.05, 0.1) is 33.3 Å². The number of benzene rings is 11. The van der Waals surface area contributed by atoms with Crippen LogP contribution in [0.4, 0.5) is 0 Å². The molecule has 0 aliphatic rings. The minimum absolute atomic E-state index is 0.645. The van der Waals surface area contributed by atoms with Crippen LogP contribution in [0.25, 0.3) is 131 Å². The molecule has 14 rings (SSSR count). The normalized spacial score (nSPS) is 12.2. The zero-order chi connectivity index (χ0) is 40.5. The average Bonchev–Trinajstić information content (AvgIpc) is 3.87. The highest BCUT2D eigenvalue weighted by molar-refractivity contribution is 6.37. The summed E-state index contributed by atoms with van der Waals surface area (Å²) in [5, 5.41) is 18.1. The van der Waals surface area contributed by atoms with Gasteiger partial charge in [0.25, 0.3) is 0 Å². The van der Waals surface area contributed by atoms with Crippen molar-refractivity contribution < 1.29 is 0 Å². The summed E-state index contributed by atoms with van der Waals surface area (Å²) in [6.07, 6.45) is 0. The van der Waals surface area contributed by atoms with E-state index in [4.69, 9.17) is 9.97 Å². The average molecular weight is 787 g/mol. The maximum absolute atomic E-state index is 5.74. The molecule has 286 valence electrons. The van der Waals surface area contributed by atoms with Crippen LogP contribution in [0.15, 0.2) is 206 Å². The molecular formula is C58H34N4. The van der Waals surface area contributed by atoms with E-state index in [1.54, 1.807) is 0 Å². The molecule has 4 heteroatoms. The Morgan fingerprint density at radius 1 is 0.290 bits per heavy atom. The molecular weight excluding hydrogens is 753 g/mol. The Bertz CT molecular complexity index is 4180. The third-order valence-electron chi connectivity index (χ3n) is 13.3. The Morgan fingerprint density at radius 3 is 1.58 bits per heavy atom. The van der Waals surface area contributed by atoms with Crippen molar-refractivity contribution in [1.29, 1.82) is 0 Å². The Kier molecular flexibility index (Phi) is 6.80. The lowest BCUT2D eigenvalue weighted by atomic mass is 9.91. The number of aromatic nitrogens is 4. The molecule has 0 amide bonds. The van der Waals surface area contributed by atoms with Crippen molar-refractivity contribution >= 4 is 108 Å². The number of nitrogens with zero attached hydrogens (tertiary/aromatic N) is 4. The van der Waals surface area contributed by atoms with Crippen molar-refractivity contribution in [2.45, 2.75) is 0 Å². The maximum Gasteiger partial charge on any atom is 0.235 e. The smallest absolute Gasteiger partial charge is 0.235 e. The predicted molar refractivity (Wildman–Crippen MR) is 261 cm³/mol. The fourth-order valence-corrected chi connectivity index (χ4v) is 10.7. The summed E-state index contributed by atoms with van der Waals surface area (Å²) in [7, 11) is 0. The molecule has 4 nitrogen and oxygen atoms in total. The lowest BCUT2D eigenvalue weighted by Crippen LogP contribution is -2.04. The van der Waals surface area contributed by atoms with E-state index in [1.807, 2.05) is 0 Å². The summed E-state index contributed by atoms with van der Waals surface area (Å²) in [4.78, 5) is 11.3. The molecule has 0 unspecified atom stereocenters. The molecule has 62 heavy (non-hydrogen) atoms. The standard InChI is InChI=1S/C58H34N4/c1-2-16-38(17-3-1)61-49-25-13-12-23-44(49)45-29-26-37(34-52(45)61)57-54-39-18-6-4-14-35(39)27-31-48(54)59-58(60-57)62-50-32-28-36-15-5-7-19-40(36)55(50)56-51(62)33-30-47-43-22-9-8-20-41(43)42-21-10-11-24-46(42)53(47)56/h1-34H. The van der Waals surface area contributed by atoms with Gasteiger partial charge in [-0.2, -0.15) is 0 Å². The topological polar surface area (TPSA) is 35.6 Å². The van der Waals surface area contributed by atoms with Crippen LogP contribution in [0.5, 0.6) is 0 Å². The first-order chi connectivity index (χ1) is 30.8. The summed E-state index contributed by atoms with van der Waals surface area (Å²) >= 11 is 0. The van der Waals surface area contributed by atoms with Gasteiger partial charge in [0.15, 0.2) is 0 Å². The summed E-state index contributed by atoms with van der Waals surface area (Å²) in [5.41, 5.74) is 8.44. The van der Waals surface area contributed by atoms with Crippen molar-refractivity contribution in [2.75, 3.05) is 0 Å². The van der Waals surface area contributed by atoms with Crippen molar-refractivity contribution in [2.24, 2.45) is 0 Å². The van der Waals surface area contributed by atoms with Crippen LogP contribution in [0.3, 0.4) is 0 Å². The molecule has 14 aromatic rings. The number of rotatable bonds is 3. The highest BCUT2D eigenvalue weighted by atomic mass is 15.2. The third kappa shape index (κ3) is 4.55. The van der Waals surface area contributed by atoms with Crippen LogP contribution in [0, 0.1) is 0 Å². The number of hydrogen-bond acceptors (Lipinski definition) is 2. The van der Waals surface area contributed by atoms with Crippen molar-refractivity contribution in [3.8, 4) is 22.9 Å². The molecule has 0 saturated heterocycles. The van der Waals surface area contributed by atoms with Gasteiger partial charge < -0.3 is 4.57 Å². The van der Waals surface area contributed by atoms with Gasteiger partial charge in [0.1, 0.15) is 0 Å². The fourth-order valence-electron chi connectivity index (χ4n) is 10.7. The first-order valence-corrected chi connectivity index (χ1v) is 21.3. The number of hydrogen-bond donors (Lipinski definition) is 0. The predicted octanol–water partition coefficient (Wildman–Crippen LogP) is 15.3. The van der Waals surface area contributed by atoms with E-state index in [-0.39, 0.29) is 0 Å². The summed E-state index contributed by atoms with van der Waals surface area (Å²) in [5.74, 6) is 0.645. The van der Waals surface area contributed by atoms with Crippen LogP contribution in [-0.2, 0) is 0 Å². The fraction of sp³-hybridized carbons (Fsp3) is 0.